The Morgan fingerprint density at radius 1 is 0.793 bits per heavy atom. The third-order valence-electron chi connectivity index (χ3n) is 4.52. The summed E-state index contributed by atoms with van der Waals surface area (Å²) in [5.41, 5.74) is 3.07. The predicted octanol–water partition coefficient (Wildman–Crippen LogP) is 3.42. The van der Waals surface area contributed by atoms with Crippen LogP contribution in [0.2, 0.25) is 0 Å². The number of benzene rings is 3. The second kappa shape index (κ2) is 7.06. The number of hydrogen-bond acceptors (Lipinski definition) is 5. The Morgan fingerprint density at radius 3 is 2.17 bits per heavy atom. The third kappa shape index (κ3) is 3.70. The maximum Gasteiger partial charge on any atom is 0.261 e. The van der Waals surface area contributed by atoms with E-state index in [1.54, 1.807) is 24.3 Å². The van der Waals surface area contributed by atoms with Gasteiger partial charge in [0.2, 0.25) is 0 Å². The summed E-state index contributed by atoms with van der Waals surface area (Å²) in [5.74, 6) is -1.14. The number of nitrogens with one attached hydrogen (secondary N) is 3. The summed E-state index contributed by atoms with van der Waals surface area (Å²) in [6.07, 6.45) is 0. The SMILES string of the molecule is Cc1ccc(Nc2ccccc2NS(=O)(=O)c2ccc3c(c2)C(=O)NC3=O)cc1. The second-order valence-corrected chi connectivity index (χ2v) is 8.32. The summed E-state index contributed by atoms with van der Waals surface area (Å²) in [7, 11) is -3.98. The number of hydrogen-bond donors (Lipinski definition) is 3. The number of sulfonamides is 1. The maximum atomic E-state index is 12.9. The van der Waals surface area contributed by atoms with Crippen LogP contribution in [0, 0.1) is 6.92 Å². The van der Waals surface area contributed by atoms with Gasteiger partial charge in [0.05, 0.1) is 27.4 Å². The van der Waals surface area contributed by atoms with Crippen molar-refractivity contribution in [2.75, 3.05) is 10.0 Å². The van der Waals surface area contributed by atoms with Crippen LogP contribution in [0.1, 0.15) is 26.3 Å². The lowest BCUT2D eigenvalue weighted by molar-refractivity contribution is 0.0879. The predicted molar refractivity (Wildman–Crippen MR) is 110 cm³/mol. The number of fused-ring (bicyclic) bond motifs is 1. The van der Waals surface area contributed by atoms with Crippen LogP contribution in [0.15, 0.2) is 71.6 Å². The van der Waals surface area contributed by atoms with Gasteiger partial charge in [-0.05, 0) is 49.4 Å². The standard InChI is InChI=1S/C21H17N3O4S/c1-13-6-8-14(9-7-13)22-18-4-2-3-5-19(18)24-29(27,28)15-10-11-16-17(12-15)21(26)23-20(16)25/h2-12,22,24H,1H3,(H,23,25,26). The van der Waals surface area contributed by atoms with Crippen molar-refractivity contribution in [3.05, 3.63) is 83.4 Å². The van der Waals surface area contributed by atoms with E-state index in [-0.39, 0.29) is 16.0 Å². The van der Waals surface area contributed by atoms with Gasteiger partial charge in [-0.1, -0.05) is 29.8 Å². The Balaban J connectivity index is 1.64. The molecule has 2 amide bonds. The van der Waals surface area contributed by atoms with E-state index in [0.717, 1.165) is 11.3 Å². The fourth-order valence-electron chi connectivity index (χ4n) is 2.99. The molecule has 3 N–H and O–H groups in total. The largest absolute Gasteiger partial charge is 0.354 e. The number of carbonyl (C=O) groups excluding carboxylic acids is 2. The molecule has 3 aromatic carbocycles. The molecular formula is C21H17N3O4S. The first kappa shape index (κ1) is 18.7. The van der Waals surface area contributed by atoms with Crippen LogP contribution in [0.25, 0.3) is 0 Å². The molecule has 0 unspecified atom stereocenters. The highest BCUT2D eigenvalue weighted by Crippen LogP contribution is 2.28. The number of amides is 2. The number of imide groups is 1. The Hall–Kier alpha value is -3.65. The number of aryl methyl sites for hydroxylation is 1. The van der Waals surface area contributed by atoms with Crippen LogP contribution < -0.4 is 15.4 Å². The van der Waals surface area contributed by atoms with Gasteiger partial charge in [-0.15, -0.1) is 0 Å². The maximum absolute atomic E-state index is 12.9. The molecule has 146 valence electrons. The van der Waals surface area contributed by atoms with Crippen molar-refractivity contribution in [1.29, 1.82) is 0 Å². The molecule has 4 rings (SSSR count). The van der Waals surface area contributed by atoms with Crippen molar-refractivity contribution in [3.63, 3.8) is 0 Å². The lowest BCUT2D eigenvalue weighted by Crippen LogP contribution is -2.20. The topological polar surface area (TPSA) is 104 Å². The second-order valence-electron chi connectivity index (χ2n) is 6.63. The molecule has 0 spiro atoms. The fraction of sp³-hybridized carbons (Fsp3) is 0.0476. The normalized spacial score (nSPS) is 13.0. The van der Waals surface area contributed by atoms with E-state index in [1.165, 1.54) is 18.2 Å². The molecule has 8 heteroatoms. The van der Waals surface area contributed by atoms with Gasteiger partial charge in [0, 0.05) is 5.69 Å². The first-order valence-corrected chi connectivity index (χ1v) is 10.3. The van der Waals surface area contributed by atoms with Gasteiger partial charge < -0.3 is 5.32 Å². The zero-order valence-corrected chi connectivity index (χ0v) is 16.2. The first-order valence-electron chi connectivity index (χ1n) is 8.79. The van der Waals surface area contributed by atoms with Crippen LogP contribution in [0.5, 0.6) is 0 Å². The van der Waals surface area contributed by atoms with Gasteiger partial charge in [0.25, 0.3) is 21.8 Å². The van der Waals surface area contributed by atoms with Gasteiger partial charge >= 0.3 is 0 Å². The highest BCUT2D eigenvalue weighted by molar-refractivity contribution is 7.92. The molecular weight excluding hydrogens is 390 g/mol. The molecule has 0 bridgehead atoms. The Kier molecular flexibility index (Phi) is 4.56. The van der Waals surface area contributed by atoms with E-state index in [2.05, 4.69) is 15.4 Å². The van der Waals surface area contributed by atoms with Crippen molar-refractivity contribution in [3.8, 4) is 0 Å². The van der Waals surface area contributed by atoms with Crippen molar-refractivity contribution >= 4 is 38.9 Å². The highest BCUT2D eigenvalue weighted by atomic mass is 32.2. The molecule has 29 heavy (non-hydrogen) atoms. The molecule has 3 aromatic rings. The van der Waals surface area contributed by atoms with Crippen LogP contribution in [-0.2, 0) is 10.0 Å². The molecule has 0 saturated heterocycles. The van der Waals surface area contributed by atoms with Crippen molar-refractivity contribution in [2.45, 2.75) is 11.8 Å². The van der Waals surface area contributed by atoms with Gasteiger partial charge in [-0.25, -0.2) is 8.42 Å². The molecule has 0 aromatic heterocycles. The summed E-state index contributed by atoms with van der Waals surface area (Å²) >= 11 is 0. The minimum atomic E-state index is -3.98. The average molecular weight is 407 g/mol. The van der Waals surface area contributed by atoms with Gasteiger partial charge in [-0.2, -0.15) is 0 Å². The molecule has 0 fully saturated rings. The van der Waals surface area contributed by atoms with Crippen molar-refractivity contribution in [1.82, 2.24) is 5.32 Å². The monoisotopic (exact) mass is 407 g/mol. The van der Waals surface area contributed by atoms with Crippen molar-refractivity contribution < 1.29 is 18.0 Å². The van der Waals surface area contributed by atoms with Gasteiger partial charge in [0.15, 0.2) is 0 Å². The van der Waals surface area contributed by atoms with E-state index < -0.39 is 21.8 Å². The van der Waals surface area contributed by atoms with E-state index >= 15 is 0 Å². The Labute approximate surface area is 167 Å². The van der Waals surface area contributed by atoms with Crippen LogP contribution in [0.4, 0.5) is 17.1 Å². The molecule has 7 nitrogen and oxygen atoms in total. The third-order valence-corrected chi connectivity index (χ3v) is 5.88. The molecule has 1 aliphatic rings. The zero-order valence-electron chi connectivity index (χ0n) is 15.4. The van der Waals surface area contributed by atoms with Gasteiger partial charge in [0.1, 0.15) is 0 Å². The fourth-order valence-corrected chi connectivity index (χ4v) is 4.10. The number of carbonyl (C=O) groups is 2. The molecule has 0 radical (unpaired) electrons. The quantitative estimate of drug-likeness (QED) is 0.562. The smallest absolute Gasteiger partial charge is 0.261 e. The lowest BCUT2D eigenvalue weighted by Gasteiger charge is -2.14. The minimum Gasteiger partial charge on any atom is -0.354 e. The summed E-state index contributed by atoms with van der Waals surface area (Å²) in [4.78, 5) is 23.4. The highest BCUT2D eigenvalue weighted by Gasteiger charge is 2.29. The molecule has 1 heterocycles. The van der Waals surface area contributed by atoms with E-state index in [1.807, 2.05) is 31.2 Å². The molecule has 0 saturated carbocycles. The number of rotatable bonds is 5. The van der Waals surface area contributed by atoms with Crippen molar-refractivity contribution in [2.24, 2.45) is 0 Å². The number of para-hydroxylation sites is 2. The minimum absolute atomic E-state index is 0.0453. The molecule has 0 atom stereocenters. The van der Waals surface area contributed by atoms with E-state index in [9.17, 15) is 18.0 Å². The molecule has 1 aliphatic heterocycles. The summed E-state index contributed by atoms with van der Waals surface area (Å²) in [6, 6.07) is 18.4. The Bertz CT molecular complexity index is 1240. The molecule has 0 aliphatic carbocycles. The van der Waals surface area contributed by atoms with Crippen LogP contribution >= 0.6 is 0 Å². The summed E-state index contributed by atoms with van der Waals surface area (Å²) in [5, 5.41) is 5.34. The van der Waals surface area contributed by atoms with E-state index in [4.69, 9.17) is 0 Å². The van der Waals surface area contributed by atoms with E-state index in [0.29, 0.717) is 11.4 Å². The zero-order chi connectivity index (χ0) is 20.6. The summed E-state index contributed by atoms with van der Waals surface area (Å²) < 4.78 is 28.3. The van der Waals surface area contributed by atoms with Gasteiger partial charge in [-0.3, -0.25) is 19.6 Å². The first-order chi connectivity index (χ1) is 13.8. The average Bonchev–Trinajstić information content (AvgIpc) is 2.98. The van der Waals surface area contributed by atoms with Crippen LogP contribution in [-0.4, -0.2) is 20.2 Å². The lowest BCUT2D eigenvalue weighted by atomic mass is 10.1. The van der Waals surface area contributed by atoms with Crippen LogP contribution in [0.3, 0.4) is 0 Å². The number of anilines is 3. The summed E-state index contributed by atoms with van der Waals surface area (Å²) in [6.45, 7) is 1.98. The Morgan fingerprint density at radius 2 is 1.45 bits per heavy atom.